The molecule has 3 aromatic rings. The third-order valence-corrected chi connectivity index (χ3v) is 5.88. The van der Waals surface area contributed by atoms with Crippen molar-refractivity contribution in [1.29, 1.82) is 0 Å². The number of benzene rings is 2. The molecule has 1 amide bonds. The fourth-order valence-corrected chi connectivity index (χ4v) is 4.29. The van der Waals surface area contributed by atoms with Gasteiger partial charge in [0.15, 0.2) is 11.6 Å². The predicted octanol–water partition coefficient (Wildman–Crippen LogP) is 3.53. The highest BCUT2D eigenvalue weighted by Crippen LogP contribution is 2.31. The number of anilines is 2. The van der Waals surface area contributed by atoms with E-state index in [0.717, 1.165) is 41.8 Å². The lowest BCUT2D eigenvalue weighted by Gasteiger charge is -2.33. The minimum Gasteiger partial charge on any atom is -0.355 e. The van der Waals surface area contributed by atoms with Crippen molar-refractivity contribution in [3.05, 3.63) is 59.2 Å². The normalized spacial score (nSPS) is 16.0. The Morgan fingerprint density at radius 2 is 1.64 bits per heavy atom. The van der Waals surface area contributed by atoms with Gasteiger partial charge in [0.2, 0.25) is 5.91 Å². The molecule has 0 saturated heterocycles. The summed E-state index contributed by atoms with van der Waals surface area (Å²) < 4.78 is 0. The third-order valence-electron chi connectivity index (χ3n) is 5.88. The van der Waals surface area contributed by atoms with E-state index >= 15 is 0 Å². The van der Waals surface area contributed by atoms with E-state index in [2.05, 4.69) is 23.1 Å². The first-order chi connectivity index (χ1) is 13.7. The van der Waals surface area contributed by atoms with E-state index in [-0.39, 0.29) is 5.91 Å². The second-order valence-electron chi connectivity index (χ2n) is 7.81. The molecule has 0 atom stereocenters. The summed E-state index contributed by atoms with van der Waals surface area (Å²) >= 11 is 0. The maximum absolute atomic E-state index is 13.2. The quantitative estimate of drug-likeness (QED) is 0.690. The highest BCUT2D eigenvalue weighted by Gasteiger charge is 2.28. The van der Waals surface area contributed by atoms with Gasteiger partial charge >= 0.3 is 0 Å². The Morgan fingerprint density at radius 1 is 0.929 bits per heavy atom. The minimum atomic E-state index is 0.0923. The van der Waals surface area contributed by atoms with Crippen LogP contribution < -0.4 is 9.80 Å². The summed E-state index contributed by atoms with van der Waals surface area (Å²) in [5.74, 6) is 1.55. The Morgan fingerprint density at radius 3 is 2.43 bits per heavy atom. The summed E-state index contributed by atoms with van der Waals surface area (Å²) in [6, 6.07) is 14.4. The monoisotopic (exact) mass is 372 g/mol. The Labute approximate surface area is 165 Å². The average molecular weight is 372 g/mol. The molecule has 1 aromatic heterocycles. The second kappa shape index (κ2) is 6.89. The average Bonchev–Trinajstić information content (AvgIpc) is 2.73. The van der Waals surface area contributed by atoms with E-state index < -0.39 is 0 Å². The molecule has 2 heterocycles. The molecule has 0 bridgehead atoms. The van der Waals surface area contributed by atoms with E-state index in [4.69, 9.17) is 9.97 Å². The van der Waals surface area contributed by atoms with Gasteiger partial charge < -0.3 is 4.90 Å². The fourth-order valence-electron chi connectivity index (χ4n) is 4.29. The zero-order valence-corrected chi connectivity index (χ0v) is 16.2. The molecular formula is C23H24N4O. The van der Waals surface area contributed by atoms with Gasteiger partial charge in [0.25, 0.3) is 0 Å². The maximum atomic E-state index is 13.2. The topological polar surface area (TPSA) is 49.3 Å². The van der Waals surface area contributed by atoms with Crippen LogP contribution >= 0.6 is 0 Å². The van der Waals surface area contributed by atoms with Crippen molar-refractivity contribution in [3.63, 3.8) is 0 Å². The lowest BCUT2D eigenvalue weighted by atomic mass is 9.90. The number of nitrogens with zero attached hydrogens (tertiary/aromatic N) is 4. The van der Waals surface area contributed by atoms with Crippen LogP contribution in [0.2, 0.25) is 0 Å². The van der Waals surface area contributed by atoms with Crippen LogP contribution in [0.3, 0.4) is 0 Å². The SMILES string of the molecule is CN1CCN(C(=O)Cc2ccc3c(c2)CCCC3)c2nc3ccccc3nc21. The summed E-state index contributed by atoms with van der Waals surface area (Å²) in [5, 5.41) is 0. The first-order valence-corrected chi connectivity index (χ1v) is 10.1. The van der Waals surface area contributed by atoms with E-state index in [0.29, 0.717) is 18.8 Å². The highest BCUT2D eigenvalue weighted by atomic mass is 16.2. The highest BCUT2D eigenvalue weighted by molar-refractivity contribution is 5.98. The van der Waals surface area contributed by atoms with Crippen molar-refractivity contribution in [2.75, 3.05) is 29.9 Å². The molecule has 0 spiro atoms. The molecule has 0 unspecified atom stereocenters. The van der Waals surface area contributed by atoms with E-state index in [1.807, 2.05) is 36.2 Å². The number of carbonyl (C=O) groups is 1. The Bertz CT molecular complexity index is 1060. The van der Waals surface area contributed by atoms with Gasteiger partial charge in [-0.2, -0.15) is 0 Å². The number of carbonyl (C=O) groups excluding carboxylic acids is 1. The molecule has 2 aliphatic rings. The van der Waals surface area contributed by atoms with Crippen LogP contribution in [-0.4, -0.2) is 36.0 Å². The van der Waals surface area contributed by atoms with Crippen molar-refractivity contribution in [2.45, 2.75) is 32.1 Å². The first-order valence-electron chi connectivity index (χ1n) is 10.1. The smallest absolute Gasteiger partial charge is 0.232 e. The number of para-hydroxylation sites is 2. The van der Waals surface area contributed by atoms with E-state index in [9.17, 15) is 4.79 Å². The Balaban J connectivity index is 1.46. The number of amides is 1. The second-order valence-corrected chi connectivity index (χ2v) is 7.81. The standard InChI is InChI=1S/C23H24N4O/c1-26-12-13-27(23-22(26)24-19-8-4-5-9-20(19)25-23)21(28)15-16-10-11-17-6-2-3-7-18(17)14-16/h4-5,8-11,14H,2-3,6-7,12-13,15H2,1H3. The summed E-state index contributed by atoms with van der Waals surface area (Å²) in [5.41, 5.74) is 5.64. The molecule has 5 heteroatoms. The molecule has 5 nitrogen and oxygen atoms in total. The molecule has 0 saturated carbocycles. The molecular weight excluding hydrogens is 348 g/mol. The van der Waals surface area contributed by atoms with Crippen LogP contribution in [-0.2, 0) is 24.1 Å². The minimum absolute atomic E-state index is 0.0923. The lowest BCUT2D eigenvalue weighted by molar-refractivity contribution is -0.118. The lowest BCUT2D eigenvalue weighted by Crippen LogP contribution is -2.44. The molecule has 0 fully saturated rings. The number of hydrogen-bond acceptors (Lipinski definition) is 4. The van der Waals surface area contributed by atoms with Crippen LogP contribution in [0.25, 0.3) is 11.0 Å². The molecule has 1 aliphatic heterocycles. The van der Waals surface area contributed by atoms with Crippen LogP contribution in [0.1, 0.15) is 29.5 Å². The molecule has 28 heavy (non-hydrogen) atoms. The largest absolute Gasteiger partial charge is 0.355 e. The molecule has 2 aromatic carbocycles. The van der Waals surface area contributed by atoms with Crippen LogP contribution in [0.15, 0.2) is 42.5 Å². The number of rotatable bonds is 2. The van der Waals surface area contributed by atoms with Crippen LogP contribution in [0.5, 0.6) is 0 Å². The van der Waals surface area contributed by atoms with E-state index in [1.165, 1.54) is 24.0 Å². The number of fused-ring (bicyclic) bond motifs is 3. The van der Waals surface area contributed by atoms with Gasteiger partial charge in [-0.25, -0.2) is 9.97 Å². The number of likely N-dealkylation sites (N-methyl/N-ethyl adjacent to an activating group) is 1. The van der Waals surface area contributed by atoms with Gasteiger partial charge in [-0.3, -0.25) is 9.69 Å². The van der Waals surface area contributed by atoms with Gasteiger partial charge in [-0.1, -0.05) is 30.3 Å². The molecule has 142 valence electrons. The van der Waals surface area contributed by atoms with Crippen LogP contribution in [0.4, 0.5) is 11.6 Å². The maximum Gasteiger partial charge on any atom is 0.232 e. The van der Waals surface area contributed by atoms with Crippen molar-refractivity contribution < 1.29 is 4.79 Å². The summed E-state index contributed by atoms with van der Waals surface area (Å²) in [6.45, 7) is 1.40. The van der Waals surface area contributed by atoms with E-state index in [1.54, 1.807) is 0 Å². The van der Waals surface area contributed by atoms with Gasteiger partial charge in [-0.05, 0) is 54.5 Å². The Hall–Kier alpha value is -2.95. The molecule has 1 aliphatic carbocycles. The third kappa shape index (κ3) is 3.01. The molecule has 0 radical (unpaired) electrons. The van der Waals surface area contributed by atoms with Gasteiger partial charge in [0.1, 0.15) is 0 Å². The van der Waals surface area contributed by atoms with Gasteiger partial charge in [0, 0.05) is 20.1 Å². The fraction of sp³-hybridized carbons (Fsp3) is 0.348. The predicted molar refractivity (Wildman–Crippen MR) is 112 cm³/mol. The number of aryl methyl sites for hydroxylation is 2. The zero-order valence-electron chi connectivity index (χ0n) is 16.2. The van der Waals surface area contributed by atoms with Gasteiger partial charge in [-0.15, -0.1) is 0 Å². The first kappa shape index (κ1) is 17.2. The number of aromatic nitrogens is 2. The number of hydrogen-bond donors (Lipinski definition) is 0. The van der Waals surface area contributed by atoms with Crippen molar-refractivity contribution in [3.8, 4) is 0 Å². The summed E-state index contributed by atoms with van der Waals surface area (Å²) in [7, 11) is 2.01. The van der Waals surface area contributed by atoms with Crippen molar-refractivity contribution in [1.82, 2.24) is 9.97 Å². The molecule has 5 rings (SSSR count). The summed E-state index contributed by atoms with van der Waals surface area (Å²) in [4.78, 5) is 26.6. The zero-order chi connectivity index (χ0) is 19.1. The summed E-state index contributed by atoms with van der Waals surface area (Å²) in [6.07, 6.45) is 5.23. The van der Waals surface area contributed by atoms with Gasteiger partial charge in [0.05, 0.1) is 17.5 Å². The van der Waals surface area contributed by atoms with Crippen LogP contribution in [0, 0.1) is 0 Å². The van der Waals surface area contributed by atoms with Crippen molar-refractivity contribution in [2.24, 2.45) is 0 Å². The Kier molecular flexibility index (Phi) is 4.23. The van der Waals surface area contributed by atoms with Crippen molar-refractivity contribution >= 4 is 28.6 Å². The molecule has 0 N–H and O–H groups in total.